The van der Waals surface area contributed by atoms with Crippen molar-refractivity contribution in [2.75, 3.05) is 19.8 Å². The van der Waals surface area contributed by atoms with Gasteiger partial charge in [0.05, 0.1) is 0 Å². The predicted molar refractivity (Wildman–Crippen MR) is 253 cm³/mol. The fraction of sp³-hybridized carbons (Fsp3) is 0.625. The monoisotopic (exact) mass is 1130 g/mol. The van der Waals surface area contributed by atoms with E-state index in [9.17, 15) is 57.9 Å². The van der Waals surface area contributed by atoms with Crippen molar-refractivity contribution < 1.29 is 134 Å². The van der Waals surface area contributed by atoms with Gasteiger partial charge in [-0.05, 0) is 17.7 Å². The van der Waals surface area contributed by atoms with Crippen LogP contribution in [0, 0.1) is 0 Å². The summed E-state index contributed by atoms with van der Waals surface area (Å²) in [5.74, 6) is -9.72. The van der Waals surface area contributed by atoms with E-state index in [1.165, 1.54) is 24.3 Å². The van der Waals surface area contributed by atoms with Gasteiger partial charge >= 0.3 is 65.7 Å². The van der Waals surface area contributed by atoms with E-state index in [-0.39, 0.29) is 17.2 Å². The molecule has 1 N–H and O–H groups in total. The zero-order valence-corrected chi connectivity index (χ0v) is 44.9. The van der Waals surface area contributed by atoms with E-state index in [1.807, 2.05) is 0 Å². The van der Waals surface area contributed by atoms with E-state index < -0.39 is 177 Å². The van der Waals surface area contributed by atoms with Gasteiger partial charge in [0.2, 0.25) is 12.4 Å². The molecule has 3 aliphatic heterocycles. The minimum absolute atomic E-state index is 0.00222. The van der Waals surface area contributed by atoms with Gasteiger partial charge in [0, 0.05) is 82.6 Å². The summed E-state index contributed by atoms with van der Waals surface area (Å²) in [7, 11) is 0. The Morgan fingerprint density at radius 1 is 0.423 bits per heavy atom. The molecule has 3 heterocycles. The molecule has 29 nitrogen and oxygen atoms in total. The fourth-order valence-corrected chi connectivity index (χ4v) is 9.19. The molecule has 0 unspecified atom stereocenters. The molecule has 0 amide bonds. The van der Waals surface area contributed by atoms with Crippen LogP contribution in [0.1, 0.15) is 81.7 Å². The second kappa shape index (κ2) is 29.6. The van der Waals surface area contributed by atoms with Crippen molar-refractivity contribution in [3.05, 3.63) is 29.8 Å². The highest BCUT2D eigenvalue weighted by Crippen LogP contribution is 2.38. The fourth-order valence-electron chi connectivity index (χ4n) is 8.08. The van der Waals surface area contributed by atoms with E-state index >= 15 is 0 Å². The van der Waals surface area contributed by atoms with Crippen molar-refractivity contribution in [3.63, 3.8) is 0 Å². The standard InChI is InChI=1S/C48H61NO28S/c1-20(50)62-17-33-37(65-23(4)53)40(67-25(6)55)44(71-29(10)59)47(75-33)77-39-34(18-63-21(2)51)74-46(43(70-28(9)58)41(39)68-26(7)56)73-32-14-12-31(13-15-32)16-36(49-61)78-48-45(72-30(11)60)42(69-27(8)57)38(66-24(5)54)35(76-48)19-64-22(3)52/h12-15,33-35,37-48,61H,16-19H2,1-11H3/b49-36-/t33-,34-,35-,37-,38-,39-,40+,41+,42+,43-,44-,45-,46-,47+,48+/m1/s1. The maximum Gasteiger partial charge on any atom is 0.303 e. The van der Waals surface area contributed by atoms with Crippen LogP contribution in [-0.4, -0.2) is 187 Å². The van der Waals surface area contributed by atoms with Crippen LogP contribution in [0.25, 0.3) is 0 Å². The molecule has 432 valence electrons. The Morgan fingerprint density at radius 3 is 1.17 bits per heavy atom. The van der Waals surface area contributed by atoms with E-state index in [0.717, 1.165) is 87.9 Å². The van der Waals surface area contributed by atoms with Crippen LogP contribution in [-0.2, 0) is 130 Å². The summed E-state index contributed by atoms with van der Waals surface area (Å²) in [4.78, 5) is 136. The molecule has 0 aromatic heterocycles. The number of esters is 11. The first-order valence-corrected chi connectivity index (χ1v) is 24.6. The number of carbonyl (C=O) groups is 11. The number of ether oxygens (including phenoxy) is 16. The molecule has 3 fully saturated rings. The minimum Gasteiger partial charge on any atom is -0.463 e. The zero-order chi connectivity index (χ0) is 58.1. The lowest BCUT2D eigenvalue weighted by molar-refractivity contribution is -0.354. The Labute approximate surface area is 449 Å². The molecule has 0 saturated carbocycles. The van der Waals surface area contributed by atoms with Crippen molar-refractivity contribution in [1.29, 1.82) is 0 Å². The van der Waals surface area contributed by atoms with Gasteiger partial charge in [-0.1, -0.05) is 29.1 Å². The lowest BCUT2D eigenvalue weighted by atomic mass is 9.96. The van der Waals surface area contributed by atoms with Crippen LogP contribution in [0.15, 0.2) is 29.4 Å². The molecule has 78 heavy (non-hydrogen) atoms. The summed E-state index contributed by atoms with van der Waals surface area (Å²) >= 11 is 0.719. The van der Waals surface area contributed by atoms with Gasteiger partial charge in [0.25, 0.3) is 0 Å². The normalized spacial score (nSPS) is 28.7. The molecule has 0 aliphatic carbocycles. The average Bonchev–Trinajstić information content (AvgIpc) is 3.31. The first-order valence-electron chi connectivity index (χ1n) is 23.7. The number of rotatable bonds is 21. The van der Waals surface area contributed by atoms with E-state index in [1.54, 1.807) is 0 Å². The Bertz CT molecular complexity index is 2380. The Morgan fingerprint density at radius 2 is 0.756 bits per heavy atom. The topological polar surface area (TPSA) is 368 Å². The van der Waals surface area contributed by atoms with Gasteiger partial charge in [-0.15, -0.1) is 0 Å². The van der Waals surface area contributed by atoms with Crippen molar-refractivity contribution in [2.24, 2.45) is 5.16 Å². The number of oxime groups is 1. The number of hydrogen-bond acceptors (Lipinski definition) is 30. The molecule has 3 aliphatic rings. The van der Waals surface area contributed by atoms with Gasteiger partial charge < -0.3 is 81.0 Å². The van der Waals surface area contributed by atoms with Gasteiger partial charge in [-0.2, -0.15) is 0 Å². The first-order chi connectivity index (χ1) is 36.6. The molecule has 3 saturated heterocycles. The third-order valence-corrected chi connectivity index (χ3v) is 11.8. The van der Waals surface area contributed by atoms with Crippen LogP contribution >= 0.6 is 11.8 Å². The second-order valence-corrected chi connectivity index (χ2v) is 18.5. The number of benzene rings is 1. The van der Waals surface area contributed by atoms with Gasteiger partial charge in [-0.3, -0.25) is 52.7 Å². The average molecular weight is 1130 g/mol. The number of thioether (sulfide) groups is 1. The molecule has 0 bridgehead atoms. The van der Waals surface area contributed by atoms with Crippen molar-refractivity contribution >= 4 is 82.5 Å². The molecule has 1 aromatic carbocycles. The molecule has 1 aromatic rings. The van der Waals surface area contributed by atoms with E-state index in [0.29, 0.717) is 5.56 Å². The zero-order valence-electron chi connectivity index (χ0n) is 44.1. The van der Waals surface area contributed by atoms with Crippen molar-refractivity contribution in [3.8, 4) is 5.75 Å². The van der Waals surface area contributed by atoms with Gasteiger partial charge in [-0.25, -0.2) is 0 Å². The molecule has 0 radical (unpaired) electrons. The van der Waals surface area contributed by atoms with Crippen molar-refractivity contribution in [1.82, 2.24) is 0 Å². The third-order valence-electron chi connectivity index (χ3n) is 10.7. The van der Waals surface area contributed by atoms with Crippen molar-refractivity contribution in [2.45, 2.75) is 174 Å². The lowest BCUT2D eigenvalue weighted by Gasteiger charge is -2.48. The summed E-state index contributed by atoms with van der Waals surface area (Å²) in [6.07, 6.45) is -23.0. The van der Waals surface area contributed by atoms with Gasteiger partial charge in [0.15, 0.2) is 49.0 Å². The summed E-state index contributed by atoms with van der Waals surface area (Å²) < 4.78 is 90.9. The number of carbonyl (C=O) groups excluding carboxylic acids is 11. The van der Waals surface area contributed by atoms with Crippen LogP contribution in [0.2, 0.25) is 0 Å². The Kier molecular flexibility index (Phi) is 24.0. The highest BCUT2D eigenvalue weighted by molar-refractivity contribution is 8.14. The minimum atomic E-state index is -1.92. The SMILES string of the molecule is CC(=O)OC[C@H]1O[C@@H](S/C(Cc2ccc(O[C@@H]3O[C@H](COC(C)=O)[C@@H](O[C@@H]4O[C@H](COC(C)=O)[C@@H](OC(C)=O)[C@H](OC(C)=O)[C@H]4OC(C)=O)[C@H](OC(C)=O)[C@H]3OC(C)=O)cc2)=N\O)[C@H](OC(C)=O)[C@@H](OC(C)=O)[C@@H]1OC(C)=O. The smallest absolute Gasteiger partial charge is 0.303 e. The largest absolute Gasteiger partial charge is 0.463 e. The highest BCUT2D eigenvalue weighted by Gasteiger charge is 2.58. The molecule has 4 rings (SSSR count). The van der Waals surface area contributed by atoms with E-state index in [4.69, 9.17) is 75.8 Å². The van der Waals surface area contributed by atoms with Crippen LogP contribution in [0.3, 0.4) is 0 Å². The predicted octanol–water partition coefficient (Wildman–Crippen LogP) is 0.832. The third kappa shape index (κ3) is 19.4. The van der Waals surface area contributed by atoms with Gasteiger partial charge in [0.1, 0.15) is 60.5 Å². The summed E-state index contributed by atoms with van der Waals surface area (Å²) in [6.45, 7) is 9.59. The van der Waals surface area contributed by atoms with E-state index in [2.05, 4.69) is 5.16 Å². The Balaban J connectivity index is 1.71. The van der Waals surface area contributed by atoms with Crippen LogP contribution in [0.4, 0.5) is 0 Å². The number of hydrogen-bond donors (Lipinski definition) is 1. The molecule has 0 spiro atoms. The maximum atomic E-state index is 12.9. The quantitative estimate of drug-likeness (QED) is 0.0445. The molecular formula is C48H61NO28S. The lowest BCUT2D eigenvalue weighted by Crippen LogP contribution is -2.67. The molecule has 30 heteroatoms. The summed E-state index contributed by atoms with van der Waals surface area (Å²) in [5.41, 5.74) is -0.913. The summed E-state index contributed by atoms with van der Waals surface area (Å²) in [5, 5.41) is 13.5. The molecular weight excluding hydrogens is 1070 g/mol. The van der Waals surface area contributed by atoms with Crippen LogP contribution < -0.4 is 4.74 Å². The number of nitrogens with zero attached hydrogens (tertiary/aromatic N) is 1. The van der Waals surface area contributed by atoms with Crippen LogP contribution in [0.5, 0.6) is 5.75 Å². The second-order valence-electron chi connectivity index (χ2n) is 17.3. The Hall–Kier alpha value is -7.15. The molecule has 15 atom stereocenters. The first kappa shape index (κ1) is 63.4. The highest BCUT2D eigenvalue weighted by atomic mass is 32.2. The summed E-state index contributed by atoms with van der Waals surface area (Å²) in [6, 6.07) is 5.79. The maximum absolute atomic E-state index is 12.9.